The molecule has 1 aliphatic rings. The number of hydrogen-bond acceptors (Lipinski definition) is 5. The van der Waals surface area contributed by atoms with Crippen molar-refractivity contribution >= 4 is 21.4 Å². The van der Waals surface area contributed by atoms with Crippen LogP contribution in [0.1, 0.15) is 19.8 Å². The van der Waals surface area contributed by atoms with E-state index in [0.717, 1.165) is 19.4 Å². The highest BCUT2D eigenvalue weighted by Gasteiger charge is 2.28. The number of benzene rings is 1. The molecule has 1 saturated heterocycles. The molecule has 0 radical (unpaired) electrons. The maximum atomic E-state index is 11.4. The molecule has 1 aliphatic heterocycles. The van der Waals surface area contributed by atoms with Crippen LogP contribution in [0.2, 0.25) is 0 Å². The lowest BCUT2D eigenvalue weighted by atomic mass is 9.94. The van der Waals surface area contributed by atoms with Crippen LogP contribution in [0.25, 0.3) is 0 Å². The van der Waals surface area contributed by atoms with Crippen molar-refractivity contribution in [3.8, 4) is 0 Å². The second-order valence-electron chi connectivity index (χ2n) is 5.14. The van der Waals surface area contributed by atoms with Crippen molar-refractivity contribution in [2.24, 2.45) is 5.14 Å². The van der Waals surface area contributed by atoms with Gasteiger partial charge >= 0.3 is 0 Å². The predicted octanol–water partition coefficient (Wildman–Crippen LogP) is 0.897. The maximum absolute atomic E-state index is 11.4. The Morgan fingerprint density at radius 1 is 1.42 bits per heavy atom. The summed E-state index contributed by atoms with van der Waals surface area (Å²) in [5.41, 5.74) is 6.68. The largest absolute Gasteiger partial charge is 0.397 e. The molecule has 0 saturated carbocycles. The number of sulfonamides is 1. The lowest BCUT2D eigenvalue weighted by molar-refractivity contribution is 0.0540. The minimum Gasteiger partial charge on any atom is -0.397 e. The lowest BCUT2D eigenvalue weighted by Gasteiger charge is -2.35. The number of anilines is 2. The van der Waals surface area contributed by atoms with Crippen molar-refractivity contribution < 1.29 is 13.2 Å². The zero-order valence-electron chi connectivity index (χ0n) is 10.8. The van der Waals surface area contributed by atoms with Crippen LogP contribution in [0.5, 0.6) is 0 Å². The number of nitrogens with one attached hydrogen (secondary N) is 1. The van der Waals surface area contributed by atoms with Crippen molar-refractivity contribution in [3.05, 3.63) is 18.2 Å². The molecule has 0 spiro atoms. The van der Waals surface area contributed by atoms with Gasteiger partial charge in [0.2, 0.25) is 10.0 Å². The van der Waals surface area contributed by atoms with Gasteiger partial charge in [-0.3, -0.25) is 0 Å². The van der Waals surface area contributed by atoms with Crippen LogP contribution in [-0.4, -0.2) is 27.2 Å². The van der Waals surface area contributed by atoms with Gasteiger partial charge in [-0.25, -0.2) is 13.6 Å². The van der Waals surface area contributed by atoms with Crippen LogP contribution in [0.3, 0.4) is 0 Å². The second-order valence-corrected chi connectivity index (χ2v) is 6.70. The first-order valence-electron chi connectivity index (χ1n) is 6.08. The van der Waals surface area contributed by atoms with E-state index in [9.17, 15) is 8.42 Å². The van der Waals surface area contributed by atoms with E-state index in [0.29, 0.717) is 18.0 Å². The van der Waals surface area contributed by atoms with Crippen molar-refractivity contribution in [2.75, 3.05) is 24.3 Å². The molecular weight excluding hydrogens is 266 g/mol. The maximum Gasteiger partial charge on any atom is 0.238 e. The third-order valence-corrected chi connectivity index (χ3v) is 4.14. The van der Waals surface area contributed by atoms with Crippen LogP contribution in [0, 0.1) is 0 Å². The fourth-order valence-electron chi connectivity index (χ4n) is 2.18. The second kappa shape index (κ2) is 4.99. The zero-order chi connectivity index (χ0) is 14.1. The summed E-state index contributed by atoms with van der Waals surface area (Å²) in [6.45, 7) is 3.34. The van der Waals surface area contributed by atoms with Gasteiger partial charge in [-0.2, -0.15) is 0 Å². The van der Waals surface area contributed by atoms with Gasteiger partial charge in [-0.05, 0) is 38.0 Å². The minimum absolute atomic E-state index is 0.0459. The van der Waals surface area contributed by atoms with E-state index in [1.165, 1.54) is 18.2 Å². The Hall–Kier alpha value is -1.31. The average Bonchev–Trinajstić information content (AvgIpc) is 2.31. The molecule has 5 N–H and O–H groups in total. The normalized spacial score (nSPS) is 24.1. The summed E-state index contributed by atoms with van der Waals surface area (Å²) in [6, 6.07) is 4.40. The van der Waals surface area contributed by atoms with Crippen molar-refractivity contribution in [3.63, 3.8) is 0 Å². The highest BCUT2D eigenvalue weighted by atomic mass is 32.2. The quantitative estimate of drug-likeness (QED) is 0.715. The summed E-state index contributed by atoms with van der Waals surface area (Å²) in [7, 11) is -3.73. The first kappa shape index (κ1) is 14.1. The molecule has 106 valence electrons. The molecule has 0 aromatic heterocycles. The molecule has 2 rings (SSSR count). The van der Waals surface area contributed by atoms with E-state index in [1.807, 2.05) is 6.92 Å². The molecular formula is C12H19N3O3S. The van der Waals surface area contributed by atoms with E-state index in [4.69, 9.17) is 15.6 Å². The van der Waals surface area contributed by atoms with Gasteiger partial charge in [0.25, 0.3) is 0 Å². The third kappa shape index (κ3) is 3.37. The number of rotatable bonds is 3. The number of hydrogen-bond donors (Lipinski definition) is 3. The molecule has 6 nitrogen and oxygen atoms in total. The topological polar surface area (TPSA) is 107 Å². The highest BCUT2D eigenvalue weighted by molar-refractivity contribution is 7.89. The Bertz CT molecular complexity index is 566. The summed E-state index contributed by atoms with van der Waals surface area (Å²) in [6.07, 6.45) is 1.89. The smallest absolute Gasteiger partial charge is 0.238 e. The Morgan fingerprint density at radius 3 is 2.74 bits per heavy atom. The molecule has 0 aliphatic carbocycles. The fraction of sp³-hybridized carbons (Fsp3) is 0.500. The van der Waals surface area contributed by atoms with Gasteiger partial charge in [-0.15, -0.1) is 0 Å². The van der Waals surface area contributed by atoms with Gasteiger partial charge in [0, 0.05) is 6.61 Å². The van der Waals surface area contributed by atoms with E-state index < -0.39 is 10.0 Å². The third-order valence-electron chi connectivity index (χ3n) is 3.23. The summed E-state index contributed by atoms with van der Waals surface area (Å²) in [5, 5.41) is 8.39. The predicted molar refractivity (Wildman–Crippen MR) is 74.3 cm³/mol. The molecule has 1 fully saturated rings. The highest BCUT2D eigenvalue weighted by Crippen LogP contribution is 2.29. The standard InChI is InChI=1S/C12H19N3O3S/c1-12(5-2-6-18-8-12)15-11-7-9(19(14,16)17)3-4-10(11)13/h3-4,7,15H,2,5-6,8,13H2,1H3,(H2,14,16,17). The van der Waals surface area contributed by atoms with Gasteiger partial charge < -0.3 is 15.8 Å². The fourth-order valence-corrected chi connectivity index (χ4v) is 2.72. The summed E-state index contributed by atoms with van der Waals surface area (Å²) in [5.74, 6) is 0. The zero-order valence-corrected chi connectivity index (χ0v) is 11.7. The SMILES string of the molecule is CC1(Nc2cc(S(N)(=O)=O)ccc2N)CCCOC1. The molecule has 0 bridgehead atoms. The van der Waals surface area contributed by atoms with Gasteiger partial charge in [-0.1, -0.05) is 0 Å². The first-order valence-corrected chi connectivity index (χ1v) is 7.63. The Kier molecular flexibility index (Phi) is 3.71. The molecule has 1 heterocycles. The van der Waals surface area contributed by atoms with Crippen LogP contribution >= 0.6 is 0 Å². The first-order chi connectivity index (χ1) is 8.80. The van der Waals surface area contributed by atoms with Crippen molar-refractivity contribution in [1.29, 1.82) is 0 Å². The van der Waals surface area contributed by atoms with Crippen molar-refractivity contribution in [1.82, 2.24) is 0 Å². The number of nitrogens with two attached hydrogens (primary N) is 2. The lowest BCUT2D eigenvalue weighted by Crippen LogP contribution is -2.43. The van der Waals surface area contributed by atoms with Crippen LogP contribution in [-0.2, 0) is 14.8 Å². The summed E-state index contributed by atoms with van der Waals surface area (Å²) in [4.78, 5) is 0.0459. The van der Waals surface area contributed by atoms with E-state index in [2.05, 4.69) is 5.32 Å². The number of primary sulfonamides is 1. The summed E-state index contributed by atoms with van der Waals surface area (Å²) < 4.78 is 28.2. The van der Waals surface area contributed by atoms with Crippen LogP contribution in [0.4, 0.5) is 11.4 Å². The average molecular weight is 285 g/mol. The number of nitrogen functional groups attached to an aromatic ring is 1. The van der Waals surface area contributed by atoms with E-state index >= 15 is 0 Å². The van der Waals surface area contributed by atoms with Crippen LogP contribution < -0.4 is 16.2 Å². The molecule has 7 heteroatoms. The molecule has 0 amide bonds. The summed E-state index contributed by atoms with van der Waals surface area (Å²) >= 11 is 0. The molecule has 1 unspecified atom stereocenters. The van der Waals surface area contributed by atoms with Gasteiger partial charge in [0.05, 0.1) is 28.4 Å². The van der Waals surface area contributed by atoms with Crippen LogP contribution in [0.15, 0.2) is 23.1 Å². The molecule has 1 aromatic carbocycles. The van der Waals surface area contributed by atoms with E-state index in [-0.39, 0.29) is 10.4 Å². The van der Waals surface area contributed by atoms with Gasteiger partial charge in [0.1, 0.15) is 0 Å². The Balaban J connectivity index is 2.29. The minimum atomic E-state index is -3.73. The molecule has 1 aromatic rings. The molecule has 19 heavy (non-hydrogen) atoms. The Labute approximate surface area is 113 Å². The van der Waals surface area contributed by atoms with E-state index in [1.54, 1.807) is 0 Å². The Morgan fingerprint density at radius 2 is 2.16 bits per heavy atom. The molecule has 1 atom stereocenters. The van der Waals surface area contributed by atoms with Crippen molar-refractivity contribution in [2.45, 2.75) is 30.2 Å². The monoisotopic (exact) mass is 285 g/mol. The number of ether oxygens (including phenoxy) is 1. The van der Waals surface area contributed by atoms with Gasteiger partial charge in [0.15, 0.2) is 0 Å².